The highest BCUT2D eigenvalue weighted by Gasteiger charge is 2.02. The summed E-state index contributed by atoms with van der Waals surface area (Å²) in [6, 6.07) is 6.85. The largest absolute Gasteiger partial charge is 0.508 e. The molecule has 0 aromatic heterocycles. The number of esters is 1. The average molecular weight is 206 g/mol. The van der Waals surface area contributed by atoms with E-state index < -0.39 is 0 Å². The van der Waals surface area contributed by atoms with Gasteiger partial charge in [0.2, 0.25) is 0 Å². The van der Waals surface area contributed by atoms with Gasteiger partial charge in [0.1, 0.15) is 12.4 Å². The molecule has 0 amide bonds. The highest BCUT2D eigenvalue weighted by Crippen LogP contribution is 2.12. The summed E-state index contributed by atoms with van der Waals surface area (Å²) < 4.78 is 4.82. The van der Waals surface area contributed by atoms with Crippen molar-refractivity contribution < 1.29 is 14.6 Å². The van der Waals surface area contributed by atoms with E-state index in [2.05, 4.69) is 6.58 Å². The van der Waals surface area contributed by atoms with E-state index in [1.54, 1.807) is 18.2 Å². The molecule has 1 N–H and O–H groups in total. The molecule has 0 saturated heterocycles. The molecule has 1 aromatic rings. The molecule has 80 valence electrons. The van der Waals surface area contributed by atoms with Crippen LogP contribution in [0.4, 0.5) is 0 Å². The van der Waals surface area contributed by atoms with Crippen LogP contribution < -0.4 is 0 Å². The van der Waals surface area contributed by atoms with Crippen LogP contribution in [0.5, 0.6) is 5.75 Å². The molecular weight excluding hydrogens is 192 g/mol. The molecule has 0 unspecified atom stereocenters. The lowest BCUT2D eigenvalue weighted by molar-refractivity contribution is -0.142. The van der Waals surface area contributed by atoms with Gasteiger partial charge in [-0.25, -0.2) is 0 Å². The molecule has 1 rings (SSSR count). The molecule has 0 heterocycles. The third-order valence-electron chi connectivity index (χ3n) is 1.89. The van der Waals surface area contributed by atoms with Crippen molar-refractivity contribution in [3.05, 3.63) is 42.5 Å². The van der Waals surface area contributed by atoms with E-state index in [-0.39, 0.29) is 18.3 Å². The summed E-state index contributed by atoms with van der Waals surface area (Å²) in [6.45, 7) is 3.70. The zero-order chi connectivity index (χ0) is 11.1. The summed E-state index contributed by atoms with van der Waals surface area (Å²) in [5, 5.41) is 9.19. The Kier molecular flexibility index (Phi) is 4.41. The lowest BCUT2D eigenvalue weighted by Crippen LogP contribution is -2.05. The van der Waals surface area contributed by atoms with Gasteiger partial charge in [-0.3, -0.25) is 4.79 Å². The zero-order valence-corrected chi connectivity index (χ0v) is 8.48. The Balaban J connectivity index is 2.36. The number of aryl methyl sites for hydroxylation is 1. The second-order valence-electron chi connectivity index (χ2n) is 3.14. The lowest BCUT2D eigenvalue weighted by Gasteiger charge is -2.02. The molecular formula is C12H14O3. The van der Waals surface area contributed by atoms with E-state index in [1.807, 2.05) is 6.07 Å². The van der Waals surface area contributed by atoms with Gasteiger partial charge < -0.3 is 9.84 Å². The van der Waals surface area contributed by atoms with Crippen LogP contribution in [0.2, 0.25) is 0 Å². The second-order valence-corrected chi connectivity index (χ2v) is 3.14. The molecule has 0 aliphatic carbocycles. The quantitative estimate of drug-likeness (QED) is 0.592. The van der Waals surface area contributed by atoms with Gasteiger partial charge in [0, 0.05) is 6.42 Å². The van der Waals surface area contributed by atoms with Gasteiger partial charge in [-0.2, -0.15) is 0 Å². The lowest BCUT2D eigenvalue weighted by atomic mass is 10.1. The molecule has 1 aromatic carbocycles. The molecule has 0 atom stereocenters. The molecule has 3 heteroatoms. The maximum Gasteiger partial charge on any atom is 0.306 e. The van der Waals surface area contributed by atoms with Crippen LogP contribution in [0.3, 0.4) is 0 Å². The molecule has 0 aliphatic heterocycles. The predicted molar refractivity (Wildman–Crippen MR) is 57.6 cm³/mol. The molecule has 0 saturated carbocycles. The first-order valence-electron chi connectivity index (χ1n) is 4.77. The third-order valence-corrected chi connectivity index (χ3v) is 1.89. The molecule has 0 spiro atoms. The number of hydrogen-bond donors (Lipinski definition) is 1. The van der Waals surface area contributed by atoms with Crippen molar-refractivity contribution in [2.24, 2.45) is 0 Å². The first-order valence-corrected chi connectivity index (χ1v) is 4.77. The van der Waals surface area contributed by atoms with Crippen molar-refractivity contribution in [1.82, 2.24) is 0 Å². The van der Waals surface area contributed by atoms with Crippen molar-refractivity contribution in [2.75, 3.05) is 6.61 Å². The summed E-state index contributed by atoms with van der Waals surface area (Å²) in [5.74, 6) is -0.0369. The van der Waals surface area contributed by atoms with Crippen LogP contribution in [-0.4, -0.2) is 17.7 Å². The maximum atomic E-state index is 11.1. The van der Waals surface area contributed by atoms with E-state index in [0.29, 0.717) is 12.8 Å². The van der Waals surface area contributed by atoms with Gasteiger partial charge in [0.25, 0.3) is 0 Å². The highest BCUT2D eigenvalue weighted by atomic mass is 16.5. The number of hydrogen-bond acceptors (Lipinski definition) is 3. The fourth-order valence-electron chi connectivity index (χ4n) is 1.18. The van der Waals surface area contributed by atoms with Crippen LogP contribution in [-0.2, 0) is 16.0 Å². The van der Waals surface area contributed by atoms with Crippen LogP contribution >= 0.6 is 0 Å². The van der Waals surface area contributed by atoms with Crippen LogP contribution in [0, 0.1) is 0 Å². The maximum absolute atomic E-state index is 11.1. The normalized spacial score (nSPS) is 9.60. The van der Waals surface area contributed by atoms with E-state index in [4.69, 9.17) is 4.74 Å². The number of ether oxygens (including phenoxy) is 1. The molecule has 0 fully saturated rings. The first kappa shape index (κ1) is 11.3. The summed E-state index contributed by atoms with van der Waals surface area (Å²) in [4.78, 5) is 11.1. The predicted octanol–water partition coefficient (Wildman–Crippen LogP) is 2.05. The average Bonchev–Trinajstić information content (AvgIpc) is 2.23. The summed E-state index contributed by atoms with van der Waals surface area (Å²) in [6.07, 6.45) is 2.42. The SMILES string of the molecule is C=CCOC(=O)CCc1cccc(O)c1. The fourth-order valence-corrected chi connectivity index (χ4v) is 1.18. The minimum Gasteiger partial charge on any atom is -0.508 e. The van der Waals surface area contributed by atoms with Crippen molar-refractivity contribution in [1.29, 1.82) is 0 Å². The van der Waals surface area contributed by atoms with Gasteiger partial charge in [-0.15, -0.1) is 0 Å². The Bertz CT molecular complexity index is 344. The minimum absolute atomic E-state index is 0.215. The van der Waals surface area contributed by atoms with Gasteiger partial charge in [0.15, 0.2) is 0 Å². The topological polar surface area (TPSA) is 46.5 Å². The number of benzene rings is 1. The third kappa shape index (κ3) is 4.31. The van der Waals surface area contributed by atoms with Crippen molar-refractivity contribution in [3.8, 4) is 5.75 Å². The zero-order valence-electron chi connectivity index (χ0n) is 8.48. The summed E-state index contributed by atoms with van der Waals surface area (Å²) >= 11 is 0. The standard InChI is InChI=1S/C12H14O3/c1-2-8-15-12(14)7-6-10-4-3-5-11(13)9-10/h2-5,9,13H,1,6-8H2. The van der Waals surface area contributed by atoms with E-state index in [9.17, 15) is 9.90 Å². The van der Waals surface area contributed by atoms with E-state index in [1.165, 1.54) is 6.08 Å². The summed E-state index contributed by atoms with van der Waals surface area (Å²) in [5.41, 5.74) is 0.922. The second kappa shape index (κ2) is 5.86. The van der Waals surface area contributed by atoms with Crippen molar-refractivity contribution in [2.45, 2.75) is 12.8 Å². The number of aromatic hydroxyl groups is 1. The molecule has 0 aliphatic rings. The van der Waals surface area contributed by atoms with Crippen LogP contribution in [0.25, 0.3) is 0 Å². The van der Waals surface area contributed by atoms with Crippen LogP contribution in [0.1, 0.15) is 12.0 Å². The smallest absolute Gasteiger partial charge is 0.306 e. The molecule has 0 bridgehead atoms. The van der Waals surface area contributed by atoms with Crippen molar-refractivity contribution >= 4 is 5.97 Å². The number of rotatable bonds is 5. The molecule has 3 nitrogen and oxygen atoms in total. The van der Waals surface area contributed by atoms with E-state index in [0.717, 1.165) is 5.56 Å². The Hall–Kier alpha value is -1.77. The van der Waals surface area contributed by atoms with Crippen LogP contribution in [0.15, 0.2) is 36.9 Å². The Morgan fingerprint density at radius 3 is 3.00 bits per heavy atom. The fraction of sp³-hybridized carbons (Fsp3) is 0.250. The van der Waals surface area contributed by atoms with E-state index >= 15 is 0 Å². The minimum atomic E-state index is -0.252. The molecule has 0 radical (unpaired) electrons. The number of carbonyl (C=O) groups is 1. The van der Waals surface area contributed by atoms with Gasteiger partial charge in [-0.1, -0.05) is 24.8 Å². The first-order chi connectivity index (χ1) is 7.22. The van der Waals surface area contributed by atoms with Gasteiger partial charge in [0.05, 0.1) is 0 Å². The highest BCUT2D eigenvalue weighted by molar-refractivity contribution is 5.69. The number of phenolic OH excluding ortho intramolecular Hbond substituents is 1. The van der Waals surface area contributed by atoms with Crippen molar-refractivity contribution in [3.63, 3.8) is 0 Å². The Morgan fingerprint density at radius 2 is 2.33 bits per heavy atom. The summed E-state index contributed by atoms with van der Waals surface area (Å²) in [7, 11) is 0. The van der Waals surface area contributed by atoms with Gasteiger partial charge >= 0.3 is 5.97 Å². The Morgan fingerprint density at radius 1 is 1.53 bits per heavy atom. The monoisotopic (exact) mass is 206 g/mol. The van der Waals surface area contributed by atoms with Gasteiger partial charge in [-0.05, 0) is 24.1 Å². The number of carbonyl (C=O) groups excluding carboxylic acids is 1. The molecule has 15 heavy (non-hydrogen) atoms. The Labute approximate surface area is 89.0 Å². The number of phenols is 1.